The second-order valence-electron chi connectivity index (χ2n) is 8.00. The Balaban J connectivity index is 2.04. The minimum atomic E-state index is -0.853. The number of carbonyl (C=O) groups is 2. The van der Waals surface area contributed by atoms with Gasteiger partial charge in [-0.1, -0.05) is 55.2 Å². The third-order valence-corrected chi connectivity index (χ3v) is 5.86. The van der Waals surface area contributed by atoms with Gasteiger partial charge in [-0.3, -0.25) is 14.5 Å². The minimum absolute atomic E-state index is 0.0830. The summed E-state index contributed by atoms with van der Waals surface area (Å²) in [6, 6.07) is 13.9. The lowest BCUT2D eigenvalue weighted by molar-refractivity contribution is -0.127. The molecular formula is C24H30N2O2. The molecule has 4 nitrogen and oxygen atoms in total. The van der Waals surface area contributed by atoms with Crippen molar-refractivity contribution >= 4 is 23.2 Å². The highest BCUT2D eigenvalue weighted by Gasteiger charge is 2.47. The summed E-state index contributed by atoms with van der Waals surface area (Å²) < 4.78 is 0. The van der Waals surface area contributed by atoms with Crippen LogP contribution < -0.4 is 10.2 Å². The predicted molar refractivity (Wildman–Crippen MR) is 115 cm³/mol. The molecule has 0 saturated heterocycles. The number of amides is 2. The van der Waals surface area contributed by atoms with E-state index in [0.717, 1.165) is 47.3 Å². The summed E-state index contributed by atoms with van der Waals surface area (Å²) in [4.78, 5) is 28.2. The van der Waals surface area contributed by atoms with E-state index in [-0.39, 0.29) is 11.8 Å². The van der Waals surface area contributed by atoms with Crippen molar-refractivity contribution in [1.29, 1.82) is 0 Å². The van der Waals surface area contributed by atoms with Gasteiger partial charge in [-0.25, -0.2) is 0 Å². The zero-order chi connectivity index (χ0) is 20.3. The van der Waals surface area contributed by atoms with Gasteiger partial charge in [0, 0.05) is 18.3 Å². The molecule has 0 unspecified atom stereocenters. The lowest BCUT2D eigenvalue weighted by atomic mass is 9.78. The predicted octanol–water partition coefficient (Wildman–Crippen LogP) is 5.31. The van der Waals surface area contributed by atoms with E-state index >= 15 is 0 Å². The molecule has 2 amide bonds. The van der Waals surface area contributed by atoms with Crippen LogP contribution >= 0.6 is 0 Å². The van der Waals surface area contributed by atoms with Gasteiger partial charge in [-0.05, 0) is 56.9 Å². The lowest BCUT2D eigenvalue weighted by Gasteiger charge is -2.44. The number of hydrogen-bond acceptors (Lipinski definition) is 2. The summed E-state index contributed by atoms with van der Waals surface area (Å²) in [6.45, 7) is 7.58. The van der Waals surface area contributed by atoms with Crippen LogP contribution in [0.1, 0.15) is 55.7 Å². The Morgan fingerprint density at radius 1 is 0.893 bits per heavy atom. The average molecular weight is 379 g/mol. The fourth-order valence-corrected chi connectivity index (χ4v) is 4.35. The van der Waals surface area contributed by atoms with Crippen LogP contribution in [-0.2, 0) is 9.59 Å². The first-order chi connectivity index (χ1) is 13.3. The molecule has 1 saturated carbocycles. The van der Waals surface area contributed by atoms with E-state index in [9.17, 15) is 9.59 Å². The number of hydrogen-bond donors (Lipinski definition) is 1. The summed E-state index contributed by atoms with van der Waals surface area (Å²) in [5, 5.41) is 3.17. The van der Waals surface area contributed by atoms with Crippen molar-refractivity contribution in [3.63, 3.8) is 0 Å². The highest BCUT2D eigenvalue weighted by molar-refractivity contribution is 6.08. The van der Waals surface area contributed by atoms with Crippen molar-refractivity contribution < 1.29 is 9.59 Å². The van der Waals surface area contributed by atoms with Gasteiger partial charge >= 0.3 is 0 Å². The summed E-state index contributed by atoms with van der Waals surface area (Å²) in [5.74, 6) is -0.178. The van der Waals surface area contributed by atoms with Crippen LogP contribution in [0.4, 0.5) is 11.4 Å². The Hall–Kier alpha value is -2.62. The first kappa shape index (κ1) is 20.1. The van der Waals surface area contributed by atoms with E-state index in [1.54, 1.807) is 11.8 Å². The summed E-state index contributed by atoms with van der Waals surface area (Å²) in [5.41, 5.74) is 3.98. The molecule has 4 heteroatoms. The van der Waals surface area contributed by atoms with Crippen LogP contribution in [0.3, 0.4) is 0 Å². The zero-order valence-electron chi connectivity index (χ0n) is 17.3. The molecular weight excluding hydrogens is 348 g/mol. The molecule has 1 fully saturated rings. The van der Waals surface area contributed by atoms with Crippen LogP contribution in [0, 0.1) is 20.8 Å². The molecule has 0 atom stereocenters. The standard InChI is InChI=1S/C24H30N2O2/c1-17-11-13-21(14-12-17)26(20(4)27)24(15-6-5-7-16-24)23(28)25-22-18(2)9-8-10-19(22)3/h8-14H,5-7,15-16H2,1-4H3,(H,25,28). The maximum atomic E-state index is 13.7. The number of carbonyl (C=O) groups excluding carboxylic acids is 2. The highest BCUT2D eigenvalue weighted by Crippen LogP contribution is 2.38. The van der Waals surface area contributed by atoms with Crippen molar-refractivity contribution in [3.05, 3.63) is 59.2 Å². The van der Waals surface area contributed by atoms with Crippen molar-refractivity contribution in [1.82, 2.24) is 0 Å². The number of nitrogens with zero attached hydrogens (tertiary/aromatic N) is 1. The Morgan fingerprint density at radius 2 is 1.46 bits per heavy atom. The van der Waals surface area contributed by atoms with E-state index in [1.807, 2.05) is 63.2 Å². The molecule has 1 aliphatic rings. The average Bonchev–Trinajstić information content (AvgIpc) is 2.67. The van der Waals surface area contributed by atoms with Gasteiger partial charge in [0.25, 0.3) is 5.91 Å². The summed E-state index contributed by atoms with van der Waals surface area (Å²) >= 11 is 0. The molecule has 3 rings (SSSR count). The summed E-state index contributed by atoms with van der Waals surface area (Å²) in [7, 11) is 0. The minimum Gasteiger partial charge on any atom is -0.324 e. The third kappa shape index (κ3) is 3.82. The van der Waals surface area contributed by atoms with Crippen molar-refractivity contribution in [2.75, 3.05) is 10.2 Å². The van der Waals surface area contributed by atoms with Crippen molar-refractivity contribution in [3.8, 4) is 0 Å². The number of aryl methyl sites for hydroxylation is 3. The normalized spacial score (nSPS) is 15.7. The molecule has 28 heavy (non-hydrogen) atoms. The van der Waals surface area contributed by atoms with E-state index in [0.29, 0.717) is 12.8 Å². The quantitative estimate of drug-likeness (QED) is 0.784. The van der Waals surface area contributed by atoms with E-state index in [2.05, 4.69) is 5.32 Å². The molecule has 0 aliphatic heterocycles. The SMILES string of the molecule is CC(=O)N(c1ccc(C)cc1)C1(C(=O)Nc2c(C)cccc2C)CCCCC1. The number of rotatable bonds is 4. The third-order valence-electron chi connectivity index (χ3n) is 5.86. The Kier molecular flexibility index (Phi) is 5.87. The Bertz CT molecular complexity index is 844. The second kappa shape index (κ2) is 8.17. The maximum Gasteiger partial charge on any atom is 0.250 e. The van der Waals surface area contributed by atoms with Crippen LogP contribution in [0.25, 0.3) is 0 Å². The molecule has 2 aromatic carbocycles. The summed E-state index contributed by atoms with van der Waals surface area (Å²) in [6.07, 6.45) is 4.33. The van der Waals surface area contributed by atoms with Gasteiger partial charge in [0.2, 0.25) is 5.91 Å². The smallest absolute Gasteiger partial charge is 0.250 e. The second-order valence-corrected chi connectivity index (χ2v) is 8.00. The van der Waals surface area contributed by atoms with Crippen LogP contribution in [0.5, 0.6) is 0 Å². The Morgan fingerprint density at radius 3 is 2.00 bits per heavy atom. The molecule has 148 valence electrons. The fourth-order valence-electron chi connectivity index (χ4n) is 4.35. The fraction of sp³-hybridized carbons (Fsp3) is 0.417. The molecule has 0 aromatic heterocycles. The topological polar surface area (TPSA) is 49.4 Å². The number of nitrogens with one attached hydrogen (secondary N) is 1. The zero-order valence-corrected chi connectivity index (χ0v) is 17.3. The van der Waals surface area contributed by atoms with Gasteiger partial charge in [0.1, 0.15) is 5.54 Å². The Labute approximate surface area is 167 Å². The molecule has 0 bridgehead atoms. The highest BCUT2D eigenvalue weighted by atomic mass is 16.2. The van der Waals surface area contributed by atoms with Crippen LogP contribution in [-0.4, -0.2) is 17.4 Å². The monoisotopic (exact) mass is 378 g/mol. The van der Waals surface area contributed by atoms with Gasteiger partial charge in [-0.15, -0.1) is 0 Å². The molecule has 2 aromatic rings. The van der Waals surface area contributed by atoms with E-state index in [1.165, 1.54) is 0 Å². The number of para-hydroxylation sites is 1. The largest absolute Gasteiger partial charge is 0.324 e. The van der Waals surface area contributed by atoms with Crippen molar-refractivity contribution in [2.24, 2.45) is 0 Å². The van der Waals surface area contributed by atoms with Crippen LogP contribution in [0.15, 0.2) is 42.5 Å². The van der Waals surface area contributed by atoms with Gasteiger partial charge in [-0.2, -0.15) is 0 Å². The molecule has 1 aliphatic carbocycles. The molecule has 0 radical (unpaired) electrons. The lowest BCUT2D eigenvalue weighted by Crippen LogP contribution is -2.60. The number of benzene rings is 2. The van der Waals surface area contributed by atoms with Gasteiger partial charge in [0.05, 0.1) is 0 Å². The first-order valence-corrected chi connectivity index (χ1v) is 10.1. The van der Waals surface area contributed by atoms with Crippen molar-refractivity contribution in [2.45, 2.75) is 65.3 Å². The number of anilines is 2. The van der Waals surface area contributed by atoms with Gasteiger partial charge < -0.3 is 5.32 Å². The van der Waals surface area contributed by atoms with Gasteiger partial charge in [0.15, 0.2) is 0 Å². The van der Waals surface area contributed by atoms with Crippen LogP contribution in [0.2, 0.25) is 0 Å². The molecule has 0 heterocycles. The maximum absolute atomic E-state index is 13.7. The first-order valence-electron chi connectivity index (χ1n) is 10.1. The molecule has 0 spiro atoms. The van der Waals surface area contributed by atoms with E-state index < -0.39 is 5.54 Å². The van der Waals surface area contributed by atoms with E-state index in [4.69, 9.17) is 0 Å². The molecule has 1 N–H and O–H groups in total.